The summed E-state index contributed by atoms with van der Waals surface area (Å²) in [6, 6.07) is 0. The molecule has 1 aromatic rings. The number of rotatable bonds is 5. The lowest BCUT2D eigenvalue weighted by molar-refractivity contribution is -0.615. The van der Waals surface area contributed by atoms with E-state index in [1.807, 2.05) is 13.8 Å². The van der Waals surface area contributed by atoms with Gasteiger partial charge in [0.25, 0.3) is 0 Å². The summed E-state index contributed by atoms with van der Waals surface area (Å²) in [7, 11) is 0. The van der Waals surface area contributed by atoms with Crippen LogP contribution < -0.4 is 4.73 Å². The van der Waals surface area contributed by atoms with Crippen LogP contribution in [0.25, 0.3) is 6.08 Å². The monoisotopic (exact) mass is 250 g/mol. The second-order valence-electron chi connectivity index (χ2n) is 3.68. The highest BCUT2D eigenvalue weighted by Crippen LogP contribution is 2.06. The molecular weight excluding hydrogens is 232 g/mol. The normalized spacial score (nSPS) is 10.8. The van der Waals surface area contributed by atoms with Crippen molar-refractivity contribution in [1.29, 1.82) is 0 Å². The highest BCUT2D eigenvalue weighted by molar-refractivity contribution is 5.86. The van der Waals surface area contributed by atoms with Crippen molar-refractivity contribution in [2.24, 2.45) is 0 Å². The lowest BCUT2D eigenvalue weighted by atomic mass is 10.2. The van der Waals surface area contributed by atoms with Gasteiger partial charge in [0.1, 0.15) is 11.4 Å². The maximum absolute atomic E-state index is 11.7. The third kappa shape index (κ3) is 3.55. The number of carbonyl (C=O) groups excluding carboxylic acids is 1. The van der Waals surface area contributed by atoms with E-state index in [-0.39, 0.29) is 0 Å². The van der Waals surface area contributed by atoms with Gasteiger partial charge in [0.15, 0.2) is 0 Å². The molecule has 5 nitrogen and oxygen atoms in total. The van der Waals surface area contributed by atoms with Gasteiger partial charge in [-0.15, -0.1) is 0 Å². The summed E-state index contributed by atoms with van der Waals surface area (Å²) in [5.74, 6) is -0.430. The molecule has 0 fully saturated rings. The highest BCUT2D eigenvalue weighted by atomic mass is 16.5. The van der Waals surface area contributed by atoms with Gasteiger partial charge in [0.05, 0.1) is 6.61 Å². The van der Waals surface area contributed by atoms with Crippen molar-refractivity contribution < 1.29 is 14.3 Å². The van der Waals surface area contributed by atoms with Gasteiger partial charge in [0, 0.05) is 12.5 Å². The molecule has 0 saturated carbocycles. The Morgan fingerprint density at radius 1 is 1.44 bits per heavy atom. The third-order valence-corrected chi connectivity index (χ3v) is 2.45. The smallest absolute Gasteiger partial charge is 0.330 e. The predicted octanol–water partition coefficient (Wildman–Crippen LogP) is 1.42. The van der Waals surface area contributed by atoms with Crippen LogP contribution >= 0.6 is 0 Å². The first-order chi connectivity index (χ1) is 8.62. The van der Waals surface area contributed by atoms with Gasteiger partial charge in [-0.25, -0.2) is 9.78 Å². The molecule has 0 radical (unpaired) electrons. The Hall–Kier alpha value is -1.91. The number of aromatic nitrogens is 2. The summed E-state index contributed by atoms with van der Waals surface area (Å²) in [6.45, 7) is 5.87. The standard InChI is InChI=1S/C13H18N2O3/c1-4-10-9-15(17)12(5-2)11(14-10)7-8-13(16)18-6-3/h7-9H,4-6H2,1-3H3/b8-7+. The first kappa shape index (κ1) is 14.2. The van der Waals surface area contributed by atoms with Gasteiger partial charge in [-0.3, -0.25) is 0 Å². The number of hydrogen-bond donors (Lipinski definition) is 0. The first-order valence-corrected chi connectivity index (χ1v) is 6.09. The minimum absolute atomic E-state index is 0.327. The molecule has 1 aromatic heterocycles. The molecule has 1 heterocycles. The zero-order chi connectivity index (χ0) is 13.5. The van der Waals surface area contributed by atoms with Gasteiger partial charge < -0.3 is 9.94 Å². The summed E-state index contributed by atoms with van der Waals surface area (Å²) in [5.41, 5.74) is 1.78. The molecule has 0 aromatic carbocycles. The number of aryl methyl sites for hydroxylation is 1. The van der Waals surface area contributed by atoms with E-state index in [0.29, 0.717) is 36.5 Å². The largest absolute Gasteiger partial charge is 0.618 e. The number of hydrogen-bond acceptors (Lipinski definition) is 4. The van der Waals surface area contributed by atoms with Crippen LogP contribution in [-0.2, 0) is 22.4 Å². The third-order valence-electron chi connectivity index (χ3n) is 2.45. The van der Waals surface area contributed by atoms with Crippen LogP contribution in [0.3, 0.4) is 0 Å². The second-order valence-corrected chi connectivity index (χ2v) is 3.68. The second kappa shape index (κ2) is 6.74. The fraction of sp³-hybridized carbons (Fsp3) is 0.462. The summed E-state index contributed by atoms with van der Waals surface area (Å²) in [5, 5.41) is 11.7. The molecule has 0 aliphatic heterocycles. The quantitative estimate of drug-likeness (QED) is 0.343. The van der Waals surface area contributed by atoms with Gasteiger partial charge in [-0.1, -0.05) is 13.8 Å². The Kier molecular flexibility index (Phi) is 5.30. The van der Waals surface area contributed by atoms with Gasteiger partial charge in [-0.2, -0.15) is 4.73 Å². The first-order valence-electron chi connectivity index (χ1n) is 6.09. The molecule has 5 heteroatoms. The summed E-state index contributed by atoms with van der Waals surface area (Å²) >= 11 is 0. The highest BCUT2D eigenvalue weighted by Gasteiger charge is 2.12. The average Bonchev–Trinajstić information content (AvgIpc) is 2.36. The molecule has 1 rings (SSSR count). The Morgan fingerprint density at radius 2 is 2.17 bits per heavy atom. The maximum Gasteiger partial charge on any atom is 0.330 e. The van der Waals surface area contributed by atoms with Crippen LogP contribution in [0.5, 0.6) is 0 Å². The number of carbonyl (C=O) groups is 1. The van der Waals surface area contributed by atoms with Gasteiger partial charge in [-0.05, 0) is 19.4 Å². The van der Waals surface area contributed by atoms with Crippen LogP contribution in [0.1, 0.15) is 37.9 Å². The molecule has 98 valence electrons. The Labute approximate surface area is 107 Å². The fourth-order valence-electron chi connectivity index (χ4n) is 1.55. The van der Waals surface area contributed by atoms with Gasteiger partial charge in [0.2, 0.25) is 11.9 Å². The Morgan fingerprint density at radius 3 is 2.72 bits per heavy atom. The van der Waals surface area contributed by atoms with E-state index in [9.17, 15) is 10.0 Å². The molecule has 0 aliphatic rings. The number of ether oxygens (including phenoxy) is 1. The van der Waals surface area contributed by atoms with E-state index in [1.165, 1.54) is 18.3 Å². The summed E-state index contributed by atoms with van der Waals surface area (Å²) in [4.78, 5) is 15.6. The van der Waals surface area contributed by atoms with Crippen molar-refractivity contribution >= 4 is 12.0 Å². The Balaban J connectivity index is 3.06. The van der Waals surface area contributed by atoms with Crippen molar-refractivity contribution in [1.82, 2.24) is 4.98 Å². The lowest BCUT2D eigenvalue weighted by Crippen LogP contribution is -2.33. The molecular formula is C13H18N2O3. The summed E-state index contributed by atoms with van der Waals surface area (Å²) in [6.07, 6.45) is 5.53. The SMILES string of the molecule is CCOC(=O)/C=C/c1nc(CC)c[n+]([O-])c1CC. The molecule has 0 aliphatic carbocycles. The van der Waals surface area contributed by atoms with Crippen LogP contribution in [0, 0.1) is 5.21 Å². The molecule has 0 N–H and O–H groups in total. The van der Waals surface area contributed by atoms with E-state index in [2.05, 4.69) is 4.98 Å². The van der Waals surface area contributed by atoms with Crippen molar-refractivity contribution in [3.63, 3.8) is 0 Å². The molecule has 0 saturated heterocycles. The minimum Gasteiger partial charge on any atom is -0.618 e. The lowest BCUT2D eigenvalue weighted by Gasteiger charge is -2.07. The Bertz CT molecular complexity index is 456. The van der Waals surface area contributed by atoms with Crippen LogP contribution in [0.4, 0.5) is 0 Å². The zero-order valence-electron chi connectivity index (χ0n) is 11.0. The molecule has 0 spiro atoms. The maximum atomic E-state index is 11.7. The van der Waals surface area contributed by atoms with Crippen molar-refractivity contribution in [3.8, 4) is 0 Å². The number of esters is 1. The van der Waals surface area contributed by atoms with Crippen LogP contribution in [0.2, 0.25) is 0 Å². The van der Waals surface area contributed by atoms with Crippen LogP contribution in [0.15, 0.2) is 12.3 Å². The van der Waals surface area contributed by atoms with Gasteiger partial charge >= 0.3 is 5.97 Å². The molecule has 18 heavy (non-hydrogen) atoms. The number of nitrogens with zero attached hydrogens (tertiary/aromatic N) is 2. The van der Waals surface area contributed by atoms with Crippen molar-refractivity contribution in [3.05, 3.63) is 34.6 Å². The molecule has 0 bridgehead atoms. The van der Waals surface area contributed by atoms with E-state index >= 15 is 0 Å². The molecule has 0 atom stereocenters. The van der Waals surface area contributed by atoms with E-state index in [4.69, 9.17) is 4.74 Å². The van der Waals surface area contributed by atoms with E-state index in [0.717, 1.165) is 4.73 Å². The molecule has 0 unspecified atom stereocenters. The van der Waals surface area contributed by atoms with Crippen LogP contribution in [-0.4, -0.2) is 17.6 Å². The van der Waals surface area contributed by atoms with E-state index in [1.54, 1.807) is 6.92 Å². The molecule has 0 amide bonds. The fourth-order valence-corrected chi connectivity index (χ4v) is 1.55. The minimum atomic E-state index is -0.430. The average molecular weight is 250 g/mol. The topological polar surface area (TPSA) is 66.1 Å². The predicted molar refractivity (Wildman–Crippen MR) is 67.6 cm³/mol. The van der Waals surface area contributed by atoms with E-state index < -0.39 is 5.97 Å². The van der Waals surface area contributed by atoms with Crippen molar-refractivity contribution in [2.45, 2.75) is 33.6 Å². The zero-order valence-corrected chi connectivity index (χ0v) is 11.0. The summed E-state index contributed by atoms with van der Waals surface area (Å²) < 4.78 is 5.60. The van der Waals surface area contributed by atoms with Crippen molar-refractivity contribution in [2.75, 3.05) is 6.61 Å².